The van der Waals surface area contributed by atoms with E-state index in [-0.39, 0.29) is 17.9 Å². The van der Waals surface area contributed by atoms with Gasteiger partial charge in [0.05, 0.1) is 5.92 Å². The van der Waals surface area contributed by atoms with E-state index in [1.165, 1.54) is 0 Å². The SMILES string of the molecule is Cc1cccc(NC(=O)Nc2cccc(CNC(=O)C3CCCNC3)c2)c1. The second-order valence-corrected chi connectivity index (χ2v) is 6.91. The predicted molar refractivity (Wildman–Crippen MR) is 108 cm³/mol. The molecule has 0 radical (unpaired) electrons. The van der Waals surface area contributed by atoms with Crippen LogP contribution in [0.4, 0.5) is 16.2 Å². The lowest BCUT2D eigenvalue weighted by molar-refractivity contribution is -0.125. The van der Waals surface area contributed by atoms with E-state index in [1.54, 1.807) is 0 Å². The second-order valence-electron chi connectivity index (χ2n) is 6.91. The molecule has 1 unspecified atom stereocenters. The molecule has 1 heterocycles. The van der Waals surface area contributed by atoms with Gasteiger partial charge in [-0.25, -0.2) is 4.79 Å². The molecule has 1 fully saturated rings. The van der Waals surface area contributed by atoms with Crippen molar-refractivity contribution in [2.45, 2.75) is 26.3 Å². The Hall–Kier alpha value is -2.86. The topological polar surface area (TPSA) is 82.3 Å². The third-order valence-electron chi connectivity index (χ3n) is 4.60. The third kappa shape index (κ3) is 5.82. The van der Waals surface area contributed by atoms with Crippen LogP contribution < -0.4 is 21.3 Å². The average Bonchev–Trinajstić information content (AvgIpc) is 2.67. The summed E-state index contributed by atoms with van der Waals surface area (Å²) in [4.78, 5) is 24.4. The highest BCUT2D eigenvalue weighted by Crippen LogP contribution is 2.14. The van der Waals surface area contributed by atoms with Crippen molar-refractivity contribution in [3.05, 3.63) is 59.7 Å². The predicted octanol–water partition coefficient (Wildman–Crippen LogP) is 3.25. The van der Waals surface area contributed by atoms with Crippen LogP contribution in [0.5, 0.6) is 0 Å². The van der Waals surface area contributed by atoms with Crippen LogP contribution in [0.3, 0.4) is 0 Å². The van der Waals surface area contributed by atoms with E-state index >= 15 is 0 Å². The minimum atomic E-state index is -0.296. The molecule has 6 heteroatoms. The van der Waals surface area contributed by atoms with Gasteiger partial charge in [-0.15, -0.1) is 0 Å². The Bertz CT molecular complexity index is 800. The molecule has 1 aliphatic heterocycles. The van der Waals surface area contributed by atoms with Gasteiger partial charge in [-0.1, -0.05) is 24.3 Å². The Morgan fingerprint density at radius 1 is 1.07 bits per heavy atom. The molecule has 2 aromatic carbocycles. The summed E-state index contributed by atoms with van der Waals surface area (Å²) in [5.74, 6) is 0.123. The van der Waals surface area contributed by atoms with Crippen LogP contribution in [0.25, 0.3) is 0 Å². The van der Waals surface area contributed by atoms with Crippen molar-refractivity contribution in [2.24, 2.45) is 5.92 Å². The number of piperidine rings is 1. The number of carbonyl (C=O) groups is 2. The summed E-state index contributed by atoms with van der Waals surface area (Å²) >= 11 is 0. The smallest absolute Gasteiger partial charge is 0.323 e. The van der Waals surface area contributed by atoms with Gasteiger partial charge in [-0.3, -0.25) is 4.79 Å². The molecule has 0 aromatic heterocycles. The van der Waals surface area contributed by atoms with Gasteiger partial charge in [0.25, 0.3) is 0 Å². The van der Waals surface area contributed by atoms with E-state index in [4.69, 9.17) is 0 Å². The number of rotatable bonds is 5. The fraction of sp³-hybridized carbons (Fsp3) is 0.333. The first-order valence-corrected chi connectivity index (χ1v) is 9.32. The zero-order valence-corrected chi connectivity index (χ0v) is 15.5. The molecular weight excluding hydrogens is 340 g/mol. The molecule has 1 atom stereocenters. The van der Waals surface area contributed by atoms with Gasteiger partial charge in [-0.2, -0.15) is 0 Å². The lowest BCUT2D eigenvalue weighted by Crippen LogP contribution is -2.40. The molecule has 0 saturated carbocycles. The zero-order chi connectivity index (χ0) is 19.1. The molecule has 0 spiro atoms. The molecule has 142 valence electrons. The number of hydrogen-bond donors (Lipinski definition) is 4. The number of nitrogens with one attached hydrogen (secondary N) is 4. The second kappa shape index (κ2) is 9.19. The number of carbonyl (C=O) groups excluding carboxylic acids is 2. The standard InChI is InChI=1S/C21H26N4O2/c1-15-5-2-8-18(11-15)24-21(27)25-19-9-3-6-16(12-19)13-23-20(26)17-7-4-10-22-14-17/h2-3,5-6,8-9,11-12,17,22H,4,7,10,13-14H2,1H3,(H,23,26)(H2,24,25,27). The van der Waals surface area contributed by atoms with Gasteiger partial charge in [0.2, 0.25) is 5.91 Å². The Labute approximate surface area is 159 Å². The van der Waals surface area contributed by atoms with Gasteiger partial charge >= 0.3 is 6.03 Å². The third-order valence-corrected chi connectivity index (χ3v) is 4.60. The minimum absolute atomic E-state index is 0.0418. The molecule has 6 nitrogen and oxygen atoms in total. The summed E-state index contributed by atoms with van der Waals surface area (Å²) in [6.45, 7) is 4.16. The van der Waals surface area contributed by atoms with E-state index in [0.29, 0.717) is 12.2 Å². The van der Waals surface area contributed by atoms with Gasteiger partial charge in [0.15, 0.2) is 0 Å². The highest BCUT2D eigenvalue weighted by atomic mass is 16.2. The monoisotopic (exact) mass is 366 g/mol. The summed E-state index contributed by atoms with van der Waals surface area (Å²) in [7, 11) is 0. The van der Waals surface area contributed by atoms with Crippen molar-refractivity contribution in [2.75, 3.05) is 23.7 Å². The maximum Gasteiger partial charge on any atom is 0.323 e. The van der Waals surface area contributed by atoms with Crippen molar-refractivity contribution in [1.82, 2.24) is 10.6 Å². The van der Waals surface area contributed by atoms with E-state index in [1.807, 2.05) is 55.5 Å². The first-order chi connectivity index (χ1) is 13.1. The normalized spacial score (nSPS) is 16.4. The number of hydrogen-bond acceptors (Lipinski definition) is 3. The Kier molecular flexibility index (Phi) is 6.44. The molecule has 3 amide bonds. The molecule has 0 aliphatic carbocycles. The molecule has 4 N–H and O–H groups in total. The van der Waals surface area contributed by atoms with Crippen LogP contribution in [0.2, 0.25) is 0 Å². The number of aryl methyl sites for hydroxylation is 1. The van der Waals surface area contributed by atoms with E-state index < -0.39 is 0 Å². The lowest BCUT2D eigenvalue weighted by Gasteiger charge is -2.21. The molecule has 1 aliphatic rings. The Morgan fingerprint density at radius 2 is 1.81 bits per heavy atom. The lowest BCUT2D eigenvalue weighted by atomic mass is 9.99. The van der Waals surface area contributed by atoms with E-state index in [2.05, 4.69) is 21.3 Å². The summed E-state index contributed by atoms with van der Waals surface area (Å²) in [5.41, 5.74) is 3.46. The van der Waals surface area contributed by atoms with Gasteiger partial charge in [0, 0.05) is 24.5 Å². The average molecular weight is 366 g/mol. The summed E-state index contributed by atoms with van der Waals surface area (Å²) in [6.07, 6.45) is 1.97. The largest absolute Gasteiger partial charge is 0.352 e. The molecule has 1 saturated heterocycles. The number of benzene rings is 2. The fourth-order valence-electron chi connectivity index (χ4n) is 3.18. The van der Waals surface area contributed by atoms with Gasteiger partial charge in [-0.05, 0) is 61.7 Å². The van der Waals surface area contributed by atoms with Crippen LogP contribution in [0.15, 0.2) is 48.5 Å². The van der Waals surface area contributed by atoms with Gasteiger partial charge < -0.3 is 21.3 Å². The molecule has 3 rings (SSSR count). The van der Waals surface area contributed by atoms with Crippen molar-refractivity contribution in [3.8, 4) is 0 Å². The van der Waals surface area contributed by atoms with Crippen LogP contribution in [0.1, 0.15) is 24.0 Å². The van der Waals surface area contributed by atoms with Crippen molar-refractivity contribution >= 4 is 23.3 Å². The van der Waals surface area contributed by atoms with Crippen LogP contribution in [0, 0.1) is 12.8 Å². The summed E-state index contributed by atoms with van der Waals surface area (Å²) in [5, 5.41) is 11.9. The van der Waals surface area contributed by atoms with Crippen LogP contribution >= 0.6 is 0 Å². The number of anilines is 2. The summed E-state index contributed by atoms with van der Waals surface area (Å²) < 4.78 is 0. The van der Waals surface area contributed by atoms with E-state index in [0.717, 1.165) is 42.7 Å². The van der Waals surface area contributed by atoms with Crippen molar-refractivity contribution in [1.29, 1.82) is 0 Å². The minimum Gasteiger partial charge on any atom is -0.352 e. The molecule has 0 bridgehead atoms. The zero-order valence-electron chi connectivity index (χ0n) is 15.5. The van der Waals surface area contributed by atoms with Crippen LogP contribution in [-0.2, 0) is 11.3 Å². The maximum atomic E-state index is 12.2. The number of amides is 3. The Morgan fingerprint density at radius 3 is 2.52 bits per heavy atom. The molecular formula is C21H26N4O2. The Balaban J connectivity index is 1.52. The van der Waals surface area contributed by atoms with Crippen molar-refractivity contribution < 1.29 is 9.59 Å². The maximum absolute atomic E-state index is 12.2. The highest BCUT2D eigenvalue weighted by Gasteiger charge is 2.20. The first-order valence-electron chi connectivity index (χ1n) is 9.32. The van der Waals surface area contributed by atoms with E-state index in [9.17, 15) is 9.59 Å². The van der Waals surface area contributed by atoms with Gasteiger partial charge in [0.1, 0.15) is 0 Å². The molecule has 2 aromatic rings. The van der Waals surface area contributed by atoms with Crippen LogP contribution in [-0.4, -0.2) is 25.0 Å². The van der Waals surface area contributed by atoms with Crippen molar-refractivity contribution in [3.63, 3.8) is 0 Å². The first kappa shape index (κ1) is 18.9. The molecule has 27 heavy (non-hydrogen) atoms. The summed E-state index contributed by atoms with van der Waals surface area (Å²) in [6, 6.07) is 14.8. The highest BCUT2D eigenvalue weighted by molar-refractivity contribution is 5.99. The fourth-order valence-corrected chi connectivity index (χ4v) is 3.18. The number of urea groups is 1. The quantitative estimate of drug-likeness (QED) is 0.656.